The van der Waals surface area contributed by atoms with Crippen molar-refractivity contribution in [2.75, 3.05) is 20.2 Å². The van der Waals surface area contributed by atoms with Crippen molar-refractivity contribution in [1.82, 2.24) is 15.6 Å². The quantitative estimate of drug-likeness (QED) is 0.332. The summed E-state index contributed by atoms with van der Waals surface area (Å²) in [6, 6.07) is 9.95. The molecule has 0 radical (unpaired) electrons. The van der Waals surface area contributed by atoms with Crippen LogP contribution in [0.1, 0.15) is 34.4 Å². The van der Waals surface area contributed by atoms with Crippen LogP contribution in [0.5, 0.6) is 0 Å². The van der Waals surface area contributed by atoms with Gasteiger partial charge in [0, 0.05) is 30.2 Å². The molecule has 148 valence electrons. The fourth-order valence-corrected chi connectivity index (χ4v) is 3.09. The number of rotatable bonds is 7. The van der Waals surface area contributed by atoms with Crippen LogP contribution >= 0.6 is 0 Å². The van der Waals surface area contributed by atoms with E-state index >= 15 is 0 Å². The van der Waals surface area contributed by atoms with Crippen LogP contribution in [0.3, 0.4) is 0 Å². The highest BCUT2D eigenvalue weighted by molar-refractivity contribution is 5.90. The number of guanidine groups is 1. The molecule has 0 amide bonds. The summed E-state index contributed by atoms with van der Waals surface area (Å²) in [6.07, 6.45) is 2.93. The second-order valence-corrected chi connectivity index (χ2v) is 6.41. The number of carbonyl (C=O) groups is 1. The molecule has 7 heteroatoms. The van der Waals surface area contributed by atoms with Crippen LogP contribution < -0.4 is 10.6 Å². The third-order valence-corrected chi connectivity index (χ3v) is 4.47. The Hall–Kier alpha value is -3.22. The van der Waals surface area contributed by atoms with E-state index in [0.717, 1.165) is 25.0 Å². The Morgan fingerprint density at radius 1 is 1.29 bits per heavy atom. The number of ether oxygens (including phenoxy) is 1. The first kappa shape index (κ1) is 19.5. The number of aliphatic imine (C=N–C) groups is 1. The smallest absolute Gasteiger partial charge is 0.341 e. The lowest BCUT2D eigenvalue weighted by atomic mass is 10.1. The maximum atomic E-state index is 11.7. The van der Waals surface area contributed by atoms with Gasteiger partial charge in [0.05, 0.1) is 7.11 Å². The molecular weight excluding hydrogens is 356 g/mol. The van der Waals surface area contributed by atoms with Gasteiger partial charge in [0.15, 0.2) is 5.96 Å². The van der Waals surface area contributed by atoms with Crippen molar-refractivity contribution in [2.24, 2.45) is 4.99 Å². The largest absolute Gasteiger partial charge is 0.465 e. The van der Waals surface area contributed by atoms with Crippen LogP contribution in [-0.2, 0) is 17.7 Å². The van der Waals surface area contributed by atoms with Crippen LogP contribution in [-0.4, -0.2) is 37.1 Å². The van der Waals surface area contributed by atoms with Crippen molar-refractivity contribution in [2.45, 2.75) is 26.8 Å². The number of para-hydroxylation sites is 1. The lowest BCUT2D eigenvalue weighted by molar-refractivity contribution is 0.0599. The molecule has 0 bridgehead atoms. The van der Waals surface area contributed by atoms with Gasteiger partial charge < -0.3 is 24.8 Å². The van der Waals surface area contributed by atoms with Crippen molar-refractivity contribution in [3.8, 4) is 0 Å². The Bertz CT molecular complexity index is 971. The van der Waals surface area contributed by atoms with Gasteiger partial charge in [-0.3, -0.25) is 0 Å². The SMILES string of the molecule is CCNC(=NCc1cc(C(=O)OC)c(C)o1)NCCc1c[nH]c2ccccc12. The third kappa shape index (κ3) is 4.54. The Morgan fingerprint density at radius 2 is 2.11 bits per heavy atom. The second-order valence-electron chi connectivity index (χ2n) is 6.41. The number of fused-ring (bicyclic) bond motifs is 1. The van der Waals surface area contributed by atoms with E-state index in [1.807, 2.05) is 19.1 Å². The van der Waals surface area contributed by atoms with Gasteiger partial charge in [-0.1, -0.05) is 18.2 Å². The summed E-state index contributed by atoms with van der Waals surface area (Å²) >= 11 is 0. The molecule has 28 heavy (non-hydrogen) atoms. The Morgan fingerprint density at radius 3 is 2.89 bits per heavy atom. The molecule has 3 N–H and O–H groups in total. The standard InChI is InChI=1S/C21H26N4O3/c1-4-22-21(25-13-16-11-18(14(2)28-16)20(26)27-3)23-10-9-15-12-24-19-8-6-5-7-17(15)19/h5-8,11-12,24H,4,9-10,13H2,1-3H3,(H2,22,23,25). The highest BCUT2D eigenvalue weighted by Gasteiger charge is 2.15. The monoisotopic (exact) mass is 382 g/mol. The predicted molar refractivity (Wildman–Crippen MR) is 110 cm³/mol. The molecule has 0 saturated heterocycles. The molecule has 0 aliphatic heterocycles. The van der Waals surface area contributed by atoms with Crippen LogP contribution in [0.2, 0.25) is 0 Å². The topological polar surface area (TPSA) is 91.7 Å². The number of carbonyl (C=O) groups excluding carboxylic acids is 1. The summed E-state index contributed by atoms with van der Waals surface area (Å²) in [5.41, 5.74) is 2.85. The number of methoxy groups -OCH3 is 1. The number of H-pyrrole nitrogens is 1. The minimum Gasteiger partial charge on any atom is -0.465 e. The lowest BCUT2D eigenvalue weighted by Gasteiger charge is -2.10. The first-order chi connectivity index (χ1) is 13.6. The average Bonchev–Trinajstić information content (AvgIpc) is 3.29. The normalized spacial score (nSPS) is 11.6. The van der Waals surface area contributed by atoms with E-state index in [4.69, 9.17) is 9.15 Å². The van der Waals surface area contributed by atoms with E-state index in [1.165, 1.54) is 18.1 Å². The van der Waals surface area contributed by atoms with E-state index in [0.29, 0.717) is 29.6 Å². The van der Waals surface area contributed by atoms with E-state index < -0.39 is 5.97 Å². The fraction of sp³-hybridized carbons (Fsp3) is 0.333. The summed E-state index contributed by atoms with van der Waals surface area (Å²) in [4.78, 5) is 19.5. The summed E-state index contributed by atoms with van der Waals surface area (Å²) in [5.74, 6) is 1.46. The number of esters is 1. The van der Waals surface area contributed by atoms with Gasteiger partial charge in [-0.15, -0.1) is 0 Å². The number of aromatic nitrogens is 1. The Kier molecular flexibility index (Phi) is 6.37. The van der Waals surface area contributed by atoms with Gasteiger partial charge in [-0.25, -0.2) is 9.79 Å². The number of nitrogens with one attached hydrogen (secondary N) is 3. The van der Waals surface area contributed by atoms with Crippen molar-refractivity contribution in [3.05, 3.63) is 59.2 Å². The number of furan rings is 1. The summed E-state index contributed by atoms with van der Waals surface area (Å²) in [6.45, 7) is 5.59. The molecule has 0 fully saturated rings. The molecule has 0 aliphatic carbocycles. The zero-order chi connectivity index (χ0) is 19.9. The Labute approximate surface area is 164 Å². The number of aryl methyl sites for hydroxylation is 1. The zero-order valence-corrected chi connectivity index (χ0v) is 16.5. The van der Waals surface area contributed by atoms with Crippen LogP contribution in [0.25, 0.3) is 10.9 Å². The number of aromatic amines is 1. The highest BCUT2D eigenvalue weighted by atomic mass is 16.5. The lowest BCUT2D eigenvalue weighted by Crippen LogP contribution is -2.38. The molecule has 0 aliphatic rings. The first-order valence-corrected chi connectivity index (χ1v) is 9.37. The molecule has 3 rings (SSSR count). The number of hydrogen-bond acceptors (Lipinski definition) is 4. The Balaban J connectivity index is 1.60. The molecule has 7 nitrogen and oxygen atoms in total. The summed E-state index contributed by atoms with van der Waals surface area (Å²) in [5, 5.41) is 7.81. The highest BCUT2D eigenvalue weighted by Crippen LogP contribution is 2.18. The molecule has 3 aromatic rings. The van der Waals surface area contributed by atoms with Gasteiger partial charge >= 0.3 is 5.97 Å². The molecule has 0 atom stereocenters. The second kappa shape index (κ2) is 9.12. The molecule has 1 aromatic carbocycles. The minimum atomic E-state index is -0.403. The number of hydrogen-bond donors (Lipinski definition) is 3. The van der Waals surface area contributed by atoms with E-state index in [2.05, 4.69) is 38.9 Å². The molecular formula is C21H26N4O3. The van der Waals surface area contributed by atoms with Gasteiger partial charge in [-0.05, 0) is 38.0 Å². The van der Waals surface area contributed by atoms with Gasteiger partial charge in [0.2, 0.25) is 0 Å². The number of nitrogens with zero attached hydrogens (tertiary/aromatic N) is 1. The molecule has 0 spiro atoms. The van der Waals surface area contributed by atoms with Gasteiger partial charge in [-0.2, -0.15) is 0 Å². The molecule has 0 unspecified atom stereocenters. The first-order valence-electron chi connectivity index (χ1n) is 9.37. The van der Waals surface area contributed by atoms with E-state index in [-0.39, 0.29) is 0 Å². The zero-order valence-electron chi connectivity index (χ0n) is 16.5. The van der Waals surface area contributed by atoms with Gasteiger partial charge in [0.25, 0.3) is 0 Å². The van der Waals surface area contributed by atoms with Crippen molar-refractivity contribution < 1.29 is 13.9 Å². The summed E-state index contributed by atoms with van der Waals surface area (Å²) < 4.78 is 10.4. The van der Waals surface area contributed by atoms with Crippen LogP contribution in [0, 0.1) is 6.92 Å². The van der Waals surface area contributed by atoms with Gasteiger partial charge in [0.1, 0.15) is 23.6 Å². The van der Waals surface area contributed by atoms with Crippen LogP contribution in [0.15, 0.2) is 45.9 Å². The van der Waals surface area contributed by atoms with Crippen molar-refractivity contribution in [1.29, 1.82) is 0 Å². The molecule has 2 aromatic heterocycles. The van der Waals surface area contributed by atoms with Crippen molar-refractivity contribution in [3.63, 3.8) is 0 Å². The maximum Gasteiger partial charge on any atom is 0.341 e. The van der Waals surface area contributed by atoms with Crippen molar-refractivity contribution >= 4 is 22.8 Å². The fourth-order valence-electron chi connectivity index (χ4n) is 3.09. The summed E-state index contributed by atoms with van der Waals surface area (Å²) in [7, 11) is 1.35. The molecule has 2 heterocycles. The van der Waals surface area contributed by atoms with E-state index in [1.54, 1.807) is 13.0 Å². The minimum absolute atomic E-state index is 0.334. The predicted octanol–water partition coefficient (Wildman–Crippen LogP) is 3.15. The van der Waals surface area contributed by atoms with Crippen LogP contribution in [0.4, 0.5) is 0 Å². The number of benzene rings is 1. The average molecular weight is 382 g/mol. The third-order valence-electron chi connectivity index (χ3n) is 4.47. The van der Waals surface area contributed by atoms with E-state index in [9.17, 15) is 4.79 Å². The maximum absolute atomic E-state index is 11.7. The molecule has 0 saturated carbocycles.